The molecule has 0 saturated heterocycles. The summed E-state index contributed by atoms with van der Waals surface area (Å²) in [7, 11) is 3.17. The molecule has 0 bridgehead atoms. The largest absolute Gasteiger partial charge is 0.496 e. The van der Waals surface area contributed by atoms with Gasteiger partial charge < -0.3 is 30.7 Å². The minimum atomic E-state index is -4.56. The molecule has 1 aliphatic heterocycles. The molecule has 2 saturated carbocycles. The smallest absolute Gasteiger partial charge is 0.420 e. The molecule has 5 rings (SSSR count). The van der Waals surface area contributed by atoms with Gasteiger partial charge in [0, 0.05) is 17.8 Å². The van der Waals surface area contributed by atoms with Gasteiger partial charge >= 0.3 is 6.18 Å². The lowest BCUT2D eigenvalue weighted by Gasteiger charge is -2.33. The molecule has 2 atom stereocenters. The number of aromatic nitrogens is 2. The number of hydrogen-bond acceptors (Lipinski definition) is 8. The third-order valence-electron chi connectivity index (χ3n) is 7.11. The molecule has 1 aromatic heterocycles. The van der Waals surface area contributed by atoms with Crippen molar-refractivity contribution in [3.05, 3.63) is 34.9 Å². The van der Waals surface area contributed by atoms with Gasteiger partial charge in [-0.3, -0.25) is 0 Å². The third-order valence-corrected chi connectivity index (χ3v) is 7.11. The number of allylic oxidation sites excluding steroid dienone is 1. The van der Waals surface area contributed by atoms with Crippen LogP contribution in [0.25, 0.3) is 5.70 Å². The van der Waals surface area contributed by atoms with Gasteiger partial charge in [-0.1, -0.05) is 12.8 Å². The second-order valence-corrected chi connectivity index (χ2v) is 9.34. The van der Waals surface area contributed by atoms with Gasteiger partial charge in [-0.2, -0.15) is 23.1 Å². The second-order valence-electron chi connectivity index (χ2n) is 9.34. The minimum absolute atomic E-state index is 0.138. The normalized spacial score (nSPS) is 21.6. The Morgan fingerprint density at radius 1 is 1.08 bits per heavy atom. The lowest BCUT2D eigenvalue weighted by atomic mass is 9.88. The van der Waals surface area contributed by atoms with Crippen LogP contribution in [0.2, 0.25) is 0 Å². The molecule has 0 spiro atoms. The molecular formula is C25H31F3N6O2. The van der Waals surface area contributed by atoms with E-state index in [2.05, 4.69) is 26.3 Å². The van der Waals surface area contributed by atoms with E-state index in [-0.39, 0.29) is 30.3 Å². The summed E-state index contributed by atoms with van der Waals surface area (Å²) >= 11 is 0. The molecule has 1 aromatic carbocycles. The number of nitrogens with zero attached hydrogens (tertiary/aromatic N) is 2. The number of alkyl halides is 3. The number of benzene rings is 1. The van der Waals surface area contributed by atoms with E-state index in [1.165, 1.54) is 18.7 Å². The van der Waals surface area contributed by atoms with Crippen LogP contribution in [-0.2, 0) is 6.18 Å². The number of likely N-dealkylation sites (N-methyl/N-ethyl adjacent to an activating group) is 1. The summed E-state index contributed by atoms with van der Waals surface area (Å²) in [6, 6.07) is 4.30. The average molecular weight is 505 g/mol. The summed E-state index contributed by atoms with van der Waals surface area (Å²) in [4.78, 5) is 9.41. The Morgan fingerprint density at radius 2 is 1.86 bits per heavy atom. The van der Waals surface area contributed by atoms with E-state index in [1.54, 1.807) is 6.07 Å². The summed E-state index contributed by atoms with van der Waals surface area (Å²) in [6.45, 7) is 0.269. The van der Waals surface area contributed by atoms with Crippen molar-refractivity contribution < 1.29 is 22.6 Å². The Bertz CT molecular complexity index is 1150. The van der Waals surface area contributed by atoms with Gasteiger partial charge in [0.15, 0.2) is 6.73 Å². The third kappa shape index (κ3) is 4.88. The number of hydrogen-bond donors (Lipinski definition) is 4. The van der Waals surface area contributed by atoms with Crippen molar-refractivity contribution in [2.45, 2.75) is 63.2 Å². The maximum atomic E-state index is 13.7. The van der Waals surface area contributed by atoms with Gasteiger partial charge in [-0.15, -0.1) is 0 Å². The monoisotopic (exact) mass is 504 g/mol. The Labute approximate surface area is 208 Å². The topological polar surface area (TPSA) is 92.4 Å². The van der Waals surface area contributed by atoms with Crippen molar-refractivity contribution >= 4 is 23.2 Å². The Kier molecular flexibility index (Phi) is 6.83. The lowest BCUT2D eigenvalue weighted by Crippen LogP contribution is -2.45. The predicted molar refractivity (Wildman–Crippen MR) is 131 cm³/mol. The fourth-order valence-corrected chi connectivity index (χ4v) is 5.05. The molecule has 2 aromatic rings. The summed E-state index contributed by atoms with van der Waals surface area (Å²) in [5, 5.41) is 13.2. The Balaban J connectivity index is 1.55. The fourth-order valence-electron chi connectivity index (χ4n) is 5.05. The summed E-state index contributed by atoms with van der Waals surface area (Å²) in [5.74, 6) is 0.939. The SMILES string of the molecule is CNC1CCCCC1Nc1nc(Nc2ccc(OC)c(C(F)(F)F)c2)c2c(n1)OCNC2=C1CCC1. The maximum absolute atomic E-state index is 13.7. The van der Waals surface area contributed by atoms with Crippen LogP contribution < -0.4 is 30.7 Å². The van der Waals surface area contributed by atoms with Crippen LogP contribution in [0, 0.1) is 0 Å². The number of rotatable bonds is 6. The molecule has 2 unspecified atom stereocenters. The van der Waals surface area contributed by atoms with E-state index in [0.29, 0.717) is 23.2 Å². The van der Waals surface area contributed by atoms with Gasteiger partial charge in [-0.05, 0) is 62.9 Å². The number of fused-ring (bicyclic) bond motifs is 1. The van der Waals surface area contributed by atoms with E-state index in [4.69, 9.17) is 14.5 Å². The first kappa shape index (κ1) is 24.5. The van der Waals surface area contributed by atoms with Gasteiger partial charge in [0.2, 0.25) is 11.8 Å². The molecule has 11 heteroatoms. The molecular weight excluding hydrogens is 473 g/mol. The van der Waals surface area contributed by atoms with Gasteiger partial charge in [0.25, 0.3) is 0 Å². The molecule has 3 aliphatic rings. The fraction of sp³-hybridized carbons (Fsp3) is 0.520. The summed E-state index contributed by atoms with van der Waals surface area (Å²) in [6.07, 6.45) is 2.73. The maximum Gasteiger partial charge on any atom is 0.420 e. The second kappa shape index (κ2) is 10.0. The first-order chi connectivity index (χ1) is 17.4. The lowest BCUT2D eigenvalue weighted by molar-refractivity contribution is -0.138. The van der Waals surface area contributed by atoms with Crippen LogP contribution in [-0.4, -0.2) is 42.9 Å². The number of ether oxygens (including phenoxy) is 2. The molecule has 8 nitrogen and oxygen atoms in total. The van der Waals surface area contributed by atoms with Crippen LogP contribution in [0.1, 0.15) is 56.1 Å². The standard InChI is InChI=1S/C25H31F3N6O2/c1-29-17-8-3-4-9-18(17)32-24-33-22(20-21(14-6-5-7-14)30-13-36-23(20)34-24)31-15-10-11-19(35-2)16(12-15)25(26,27)28/h10-12,17-18,29-30H,3-9,13H2,1-2H3,(H2,31,32,33,34). The van der Waals surface area contributed by atoms with Gasteiger partial charge in [0.05, 0.1) is 18.4 Å². The van der Waals surface area contributed by atoms with E-state index in [9.17, 15) is 13.2 Å². The zero-order chi connectivity index (χ0) is 25.3. The van der Waals surface area contributed by atoms with Crippen LogP contribution in [0.5, 0.6) is 11.6 Å². The molecule has 0 amide bonds. The van der Waals surface area contributed by atoms with Gasteiger partial charge in [-0.25, -0.2) is 0 Å². The van der Waals surface area contributed by atoms with Crippen molar-refractivity contribution in [2.24, 2.45) is 0 Å². The zero-order valence-electron chi connectivity index (χ0n) is 20.4. The number of nitrogens with one attached hydrogen (secondary N) is 4. The Hall–Kier alpha value is -3.21. The number of anilines is 3. The van der Waals surface area contributed by atoms with Crippen molar-refractivity contribution in [2.75, 3.05) is 31.5 Å². The summed E-state index contributed by atoms with van der Waals surface area (Å²) in [5.41, 5.74) is 2.15. The molecule has 4 N–H and O–H groups in total. The average Bonchev–Trinajstić information content (AvgIpc) is 2.83. The first-order valence-corrected chi connectivity index (χ1v) is 12.3. The quantitative estimate of drug-likeness (QED) is 0.436. The van der Waals surface area contributed by atoms with E-state index >= 15 is 0 Å². The molecule has 194 valence electrons. The summed E-state index contributed by atoms with van der Waals surface area (Å²) < 4.78 is 51.8. The van der Waals surface area contributed by atoms with E-state index in [0.717, 1.165) is 56.7 Å². The highest BCUT2D eigenvalue weighted by atomic mass is 19.4. The van der Waals surface area contributed by atoms with Gasteiger partial charge in [0.1, 0.15) is 17.1 Å². The van der Waals surface area contributed by atoms with Crippen molar-refractivity contribution in [1.82, 2.24) is 20.6 Å². The minimum Gasteiger partial charge on any atom is -0.496 e. The highest BCUT2D eigenvalue weighted by molar-refractivity contribution is 5.82. The van der Waals surface area contributed by atoms with Crippen molar-refractivity contribution in [3.8, 4) is 11.6 Å². The molecule has 36 heavy (non-hydrogen) atoms. The van der Waals surface area contributed by atoms with Crippen LogP contribution in [0.4, 0.5) is 30.6 Å². The first-order valence-electron chi connectivity index (χ1n) is 12.3. The van der Waals surface area contributed by atoms with Crippen LogP contribution >= 0.6 is 0 Å². The molecule has 2 fully saturated rings. The van der Waals surface area contributed by atoms with Crippen LogP contribution in [0.3, 0.4) is 0 Å². The Morgan fingerprint density at radius 3 is 2.53 bits per heavy atom. The zero-order valence-corrected chi connectivity index (χ0v) is 20.4. The molecule has 0 radical (unpaired) electrons. The highest BCUT2D eigenvalue weighted by Gasteiger charge is 2.35. The molecule has 2 aliphatic carbocycles. The van der Waals surface area contributed by atoms with Crippen molar-refractivity contribution in [3.63, 3.8) is 0 Å². The van der Waals surface area contributed by atoms with Crippen LogP contribution in [0.15, 0.2) is 23.8 Å². The molecule has 2 heterocycles. The highest BCUT2D eigenvalue weighted by Crippen LogP contribution is 2.42. The van der Waals surface area contributed by atoms with Crippen molar-refractivity contribution in [1.29, 1.82) is 0 Å². The van der Waals surface area contributed by atoms with E-state index in [1.807, 2.05) is 7.05 Å². The predicted octanol–water partition coefficient (Wildman–Crippen LogP) is 5.02. The number of halogens is 3. The number of methoxy groups -OCH3 is 1. The van der Waals surface area contributed by atoms with E-state index < -0.39 is 11.7 Å².